The predicted molar refractivity (Wildman–Crippen MR) is 76.6 cm³/mol. The number of nitriles is 1. The minimum Gasteiger partial charge on any atom is -0.375 e. The zero-order valence-corrected chi connectivity index (χ0v) is 11.6. The van der Waals surface area contributed by atoms with Crippen molar-refractivity contribution >= 4 is 5.69 Å². The Bertz CT molecular complexity index is 382. The number of benzene rings is 1. The summed E-state index contributed by atoms with van der Waals surface area (Å²) in [5, 5.41) is 12.4. The summed E-state index contributed by atoms with van der Waals surface area (Å²) in [7, 11) is 2.09. The van der Waals surface area contributed by atoms with Crippen LogP contribution in [0.3, 0.4) is 0 Å². The van der Waals surface area contributed by atoms with Gasteiger partial charge in [0.25, 0.3) is 0 Å². The van der Waals surface area contributed by atoms with Crippen LogP contribution in [0, 0.1) is 11.3 Å². The highest BCUT2D eigenvalue weighted by atomic mass is 15.1. The minimum absolute atomic E-state index is 0.397. The molecule has 0 amide bonds. The van der Waals surface area contributed by atoms with Crippen molar-refractivity contribution < 1.29 is 0 Å². The number of rotatable bonds is 7. The lowest BCUT2D eigenvalue weighted by atomic mass is 9.97. The van der Waals surface area contributed by atoms with Gasteiger partial charge in [-0.1, -0.05) is 25.1 Å². The van der Waals surface area contributed by atoms with Crippen molar-refractivity contribution in [2.45, 2.75) is 32.2 Å². The Hall–Kier alpha value is -1.53. The van der Waals surface area contributed by atoms with Gasteiger partial charge in [0, 0.05) is 19.3 Å². The van der Waals surface area contributed by atoms with Gasteiger partial charge < -0.3 is 4.90 Å². The topological polar surface area (TPSA) is 39.1 Å². The maximum Gasteiger partial charge on any atom is 0.103 e. The first-order chi connectivity index (χ1) is 8.61. The molecule has 0 aliphatic rings. The van der Waals surface area contributed by atoms with E-state index in [9.17, 15) is 5.26 Å². The van der Waals surface area contributed by atoms with E-state index < -0.39 is 5.54 Å². The Kier molecular flexibility index (Phi) is 5.67. The molecule has 18 heavy (non-hydrogen) atoms. The molecule has 1 rings (SSSR count). The molecule has 0 saturated heterocycles. The highest BCUT2D eigenvalue weighted by Gasteiger charge is 2.21. The fourth-order valence-electron chi connectivity index (χ4n) is 2.06. The van der Waals surface area contributed by atoms with E-state index in [0.29, 0.717) is 0 Å². The van der Waals surface area contributed by atoms with Gasteiger partial charge >= 0.3 is 0 Å². The third kappa shape index (κ3) is 4.38. The first-order valence-corrected chi connectivity index (χ1v) is 6.54. The average molecular weight is 245 g/mol. The monoisotopic (exact) mass is 245 g/mol. The molecule has 1 N–H and O–H groups in total. The molecule has 0 fully saturated rings. The van der Waals surface area contributed by atoms with Gasteiger partial charge in [0.1, 0.15) is 5.54 Å². The molecular weight excluding hydrogens is 222 g/mol. The van der Waals surface area contributed by atoms with E-state index in [0.717, 1.165) is 25.9 Å². The van der Waals surface area contributed by atoms with Crippen LogP contribution in [0.15, 0.2) is 30.3 Å². The summed E-state index contributed by atoms with van der Waals surface area (Å²) in [6, 6.07) is 12.7. The molecule has 0 saturated carbocycles. The normalized spacial score (nSPS) is 13.7. The molecule has 0 aliphatic heterocycles. The molecule has 1 unspecified atom stereocenters. The molecule has 0 radical (unpaired) electrons. The van der Waals surface area contributed by atoms with E-state index in [2.05, 4.69) is 35.5 Å². The number of nitrogens with zero attached hydrogens (tertiary/aromatic N) is 2. The Morgan fingerprint density at radius 1 is 1.33 bits per heavy atom. The summed E-state index contributed by atoms with van der Waals surface area (Å²) in [6.07, 6.45) is 1.87. The maximum absolute atomic E-state index is 9.17. The largest absolute Gasteiger partial charge is 0.375 e. The highest BCUT2D eigenvalue weighted by Crippen LogP contribution is 2.15. The van der Waals surface area contributed by atoms with Crippen LogP contribution in [0.5, 0.6) is 0 Å². The predicted octanol–water partition coefficient (Wildman–Crippen LogP) is 2.79. The smallest absolute Gasteiger partial charge is 0.103 e. The van der Waals surface area contributed by atoms with Gasteiger partial charge in [-0.3, -0.25) is 5.32 Å². The molecular formula is C15H23N3. The molecule has 1 atom stereocenters. The van der Waals surface area contributed by atoms with Crippen LogP contribution in [0.25, 0.3) is 0 Å². The van der Waals surface area contributed by atoms with Crippen LogP contribution in [0.1, 0.15) is 26.7 Å². The van der Waals surface area contributed by atoms with Crippen molar-refractivity contribution in [1.29, 1.82) is 5.26 Å². The zero-order valence-electron chi connectivity index (χ0n) is 11.6. The molecule has 3 heteroatoms. The van der Waals surface area contributed by atoms with Gasteiger partial charge in [0.2, 0.25) is 0 Å². The molecule has 0 aliphatic carbocycles. The van der Waals surface area contributed by atoms with E-state index in [1.165, 1.54) is 5.69 Å². The van der Waals surface area contributed by atoms with Gasteiger partial charge in [-0.15, -0.1) is 0 Å². The van der Waals surface area contributed by atoms with E-state index in [-0.39, 0.29) is 0 Å². The molecule has 98 valence electrons. The number of anilines is 1. The van der Waals surface area contributed by atoms with Crippen molar-refractivity contribution in [2.24, 2.45) is 0 Å². The number of para-hydroxylation sites is 1. The fraction of sp³-hybridized carbons (Fsp3) is 0.533. The number of hydrogen-bond acceptors (Lipinski definition) is 3. The first-order valence-electron chi connectivity index (χ1n) is 6.54. The van der Waals surface area contributed by atoms with Crippen LogP contribution in [-0.4, -0.2) is 25.7 Å². The Morgan fingerprint density at radius 3 is 2.56 bits per heavy atom. The molecule has 1 aromatic rings. The first kappa shape index (κ1) is 14.5. The van der Waals surface area contributed by atoms with Crippen molar-refractivity contribution in [3.05, 3.63) is 30.3 Å². The lowest BCUT2D eigenvalue weighted by Gasteiger charge is -2.25. The summed E-state index contributed by atoms with van der Waals surface area (Å²) in [4.78, 5) is 2.23. The van der Waals surface area contributed by atoms with E-state index in [1.807, 2.05) is 32.0 Å². The number of nitrogens with one attached hydrogen (secondary N) is 1. The van der Waals surface area contributed by atoms with Gasteiger partial charge in [-0.05, 0) is 38.4 Å². The van der Waals surface area contributed by atoms with Gasteiger partial charge in [0.15, 0.2) is 0 Å². The van der Waals surface area contributed by atoms with Crippen LogP contribution in [0.2, 0.25) is 0 Å². The fourth-order valence-corrected chi connectivity index (χ4v) is 2.06. The molecule has 1 aromatic carbocycles. The molecule has 0 aromatic heterocycles. The highest BCUT2D eigenvalue weighted by molar-refractivity contribution is 5.44. The van der Waals surface area contributed by atoms with Gasteiger partial charge in [0.05, 0.1) is 6.07 Å². The lowest BCUT2D eigenvalue weighted by Crippen LogP contribution is -2.41. The standard InChI is InChI=1S/C15H23N3/c1-4-17-15(2,13-16)11-8-12-18(3)14-9-6-5-7-10-14/h5-7,9-10,17H,4,8,11-12H2,1-3H3. The minimum atomic E-state index is -0.397. The van der Waals surface area contributed by atoms with Crippen LogP contribution >= 0.6 is 0 Å². The van der Waals surface area contributed by atoms with Crippen molar-refractivity contribution in [3.8, 4) is 6.07 Å². The van der Waals surface area contributed by atoms with Crippen molar-refractivity contribution in [3.63, 3.8) is 0 Å². The molecule has 0 heterocycles. The van der Waals surface area contributed by atoms with Gasteiger partial charge in [-0.25, -0.2) is 0 Å². The Morgan fingerprint density at radius 2 is 2.00 bits per heavy atom. The SMILES string of the molecule is CCNC(C)(C#N)CCCN(C)c1ccccc1. The van der Waals surface area contributed by atoms with E-state index >= 15 is 0 Å². The third-order valence-electron chi connectivity index (χ3n) is 3.18. The Labute approximate surface area is 110 Å². The second kappa shape index (κ2) is 7.03. The van der Waals surface area contributed by atoms with Crippen molar-refractivity contribution in [1.82, 2.24) is 5.32 Å². The average Bonchev–Trinajstić information content (AvgIpc) is 2.40. The maximum atomic E-state index is 9.17. The number of hydrogen-bond donors (Lipinski definition) is 1. The van der Waals surface area contributed by atoms with Crippen LogP contribution < -0.4 is 10.2 Å². The molecule has 0 bridgehead atoms. The summed E-state index contributed by atoms with van der Waals surface area (Å²) in [5.41, 5.74) is 0.825. The summed E-state index contributed by atoms with van der Waals surface area (Å²) >= 11 is 0. The summed E-state index contributed by atoms with van der Waals surface area (Å²) < 4.78 is 0. The van der Waals surface area contributed by atoms with E-state index in [4.69, 9.17) is 0 Å². The Balaban J connectivity index is 2.40. The van der Waals surface area contributed by atoms with Crippen molar-refractivity contribution in [2.75, 3.05) is 25.0 Å². The van der Waals surface area contributed by atoms with Crippen LogP contribution in [0.4, 0.5) is 5.69 Å². The van der Waals surface area contributed by atoms with E-state index in [1.54, 1.807) is 0 Å². The third-order valence-corrected chi connectivity index (χ3v) is 3.18. The molecule has 0 spiro atoms. The second-order valence-corrected chi connectivity index (χ2v) is 4.83. The van der Waals surface area contributed by atoms with Crippen LogP contribution in [-0.2, 0) is 0 Å². The lowest BCUT2D eigenvalue weighted by molar-refractivity contribution is 0.418. The summed E-state index contributed by atoms with van der Waals surface area (Å²) in [5.74, 6) is 0. The van der Waals surface area contributed by atoms with Gasteiger partial charge in [-0.2, -0.15) is 5.26 Å². The zero-order chi connectivity index (χ0) is 13.4. The summed E-state index contributed by atoms with van der Waals surface area (Å²) in [6.45, 7) is 5.80. The quantitative estimate of drug-likeness (QED) is 0.803. The molecule has 3 nitrogen and oxygen atoms in total. The second-order valence-electron chi connectivity index (χ2n) is 4.83.